The third kappa shape index (κ3) is 3.49. The van der Waals surface area contributed by atoms with Gasteiger partial charge in [0.1, 0.15) is 5.76 Å². The highest BCUT2D eigenvalue weighted by Gasteiger charge is 2.43. The lowest BCUT2D eigenvalue weighted by Gasteiger charge is -2.29. The summed E-state index contributed by atoms with van der Waals surface area (Å²) in [7, 11) is 1.27. The molecule has 0 saturated carbocycles. The topological polar surface area (TPSA) is 80.6 Å². The summed E-state index contributed by atoms with van der Waals surface area (Å²) in [6.45, 7) is 3.66. The van der Waals surface area contributed by atoms with Crippen LogP contribution in [0.1, 0.15) is 22.5 Å². The molecule has 1 atom stereocenters. The minimum absolute atomic E-state index is 0.169. The number of carbonyl (C=O) groups is 2. The molecule has 0 saturated heterocycles. The van der Waals surface area contributed by atoms with Crippen LogP contribution in [0.25, 0.3) is 0 Å². The van der Waals surface area contributed by atoms with Gasteiger partial charge < -0.3 is 9.15 Å². The number of hydrazine groups is 1. The van der Waals surface area contributed by atoms with E-state index in [1.807, 2.05) is 6.07 Å². The Balaban J connectivity index is 2.26. The number of methoxy groups -OCH3 is 1. The number of rotatable bonds is 7. The highest BCUT2D eigenvalue weighted by molar-refractivity contribution is 5.94. The molecular formula is C17H18N2O4. The first-order valence-electron chi connectivity index (χ1n) is 7.00. The van der Waals surface area contributed by atoms with Crippen molar-refractivity contribution in [2.75, 3.05) is 7.11 Å². The second-order valence-corrected chi connectivity index (χ2v) is 4.81. The molecule has 0 fully saturated rings. The van der Waals surface area contributed by atoms with Crippen molar-refractivity contribution in [2.45, 2.75) is 12.0 Å². The van der Waals surface area contributed by atoms with Crippen LogP contribution in [-0.4, -0.2) is 19.0 Å². The molecule has 0 aliphatic rings. The second-order valence-electron chi connectivity index (χ2n) is 4.81. The van der Waals surface area contributed by atoms with E-state index < -0.39 is 11.5 Å². The first-order chi connectivity index (χ1) is 11.1. The minimum atomic E-state index is -1.38. The van der Waals surface area contributed by atoms with Gasteiger partial charge in [-0.25, -0.2) is 10.2 Å². The standard InChI is InChI=1S/C17H18N2O4/c1-3-11-17(16(21)22-2,14-10-7-12-23-14)19-18-15(20)13-8-5-4-6-9-13/h3-10,12,19H,1,11H2,2H3,(H,18,20)/t17-/m1/s1. The number of carbonyl (C=O) groups excluding carboxylic acids is 2. The Kier molecular flexibility index (Phi) is 5.32. The largest absolute Gasteiger partial charge is 0.467 e. The molecule has 1 aromatic heterocycles. The summed E-state index contributed by atoms with van der Waals surface area (Å²) in [5.41, 5.74) is 4.35. The third-order valence-electron chi connectivity index (χ3n) is 3.35. The second kappa shape index (κ2) is 7.42. The number of ether oxygens (including phenoxy) is 1. The first kappa shape index (κ1) is 16.5. The van der Waals surface area contributed by atoms with E-state index in [4.69, 9.17) is 9.15 Å². The Morgan fingerprint density at radius 3 is 2.57 bits per heavy atom. The molecule has 1 aromatic carbocycles. The lowest BCUT2D eigenvalue weighted by atomic mass is 9.93. The number of nitrogens with one attached hydrogen (secondary N) is 2. The van der Waals surface area contributed by atoms with E-state index in [0.717, 1.165) is 0 Å². The summed E-state index contributed by atoms with van der Waals surface area (Å²) >= 11 is 0. The molecule has 6 nitrogen and oxygen atoms in total. The van der Waals surface area contributed by atoms with Crippen LogP contribution in [0.15, 0.2) is 65.8 Å². The van der Waals surface area contributed by atoms with E-state index in [1.165, 1.54) is 13.4 Å². The van der Waals surface area contributed by atoms with Gasteiger partial charge in [0.15, 0.2) is 5.54 Å². The number of amides is 1. The Hall–Kier alpha value is -2.86. The maximum atomic E-state index is 12.3. The molecule has 0 bridgehead atoms. The number of benzene rings is 1. The molecule has 0 unspecified atom stereocenters. The van der Waals surface area contributed by atoms with Gasteiger partial charge in [0.05, 0.1) is 13.4 Å². The normalized spacial score (nSPS) is 12.9. The van der Waals surface area contributed by atoms with E-state index >= 15 is 0 Å². The summed E-state index contributed by atoms with van der Waals surface area (Å²) < 4.78 is 10.2. The molecule has 6 heteroatoms. The quantitative estimate of drug-likeness (QED) is 0.465. The van der Waals surface area contributed by atoms with Crippen molar-refractivity contribution in [3.8, 4) is 0 Å². The lowest BCUT2D eigenvalue weighted by molar-refractivity contribution is -0.150. The summed E-state index contributed by atoms with van der Waals surface area (Å²) in [4.78, 5) is 24.5. The van der Waals surface area contributed by atoms with Crippen molar-refractivity contribution in [2.24, 2.45) is 0 Å². The van der Waals surface area contributed by atoms with Gasteiger partial charge in [0.25, 0.3) is 5.91 Å². The Morgan fingerprint density at radius 1 is 1.26 bits per heavy atom. The van der Waals surface area contributed by atoms with Crippen LogP contribution in [0.3, 0.4) is 0 Å². The maximum absolute atomic E-state index is 12.3. The Morgan fingerprint density at radius 2 is 2.00 bits per heavy atom. The van der Waals surface area contributed by atoms with Crippen molar-refractivity contribution in [3.63, 3.8) is 0 Å². The van der Waals surface area contributed by atoms with E-state index in [-0.39, 0.29) is 12.3 Å². The summed E-state index contributed by atoms with van der Waals surface area (Å²) in [5.74, 6) is -0.659. The number of furan rings is 1. The molecule has 0 radical (unpaired) electrons. The number of esters is 1. The van der Waals surface area contributed by atoms with Crippen LogP contribution in [0.2, 0.25) is 0 Å². The van der Waals surface area contributed by atoms with Crippen LogP contribution in [0, 0.1) is 0 Å². The number of hydrogen-bond acceptors (Lipinski definition) is 5. The molecule has 23 heavy (non-hydrogen) atoms. The third-order valence-corrected chi connectivity index (χ3v) is 3.35. The summed E-state index contributed by atoms with van der Waals surface area (Å²) in [6, 6.07) is 11.9. The van der Waals surface area contributed by atoms with Gasteiger partial charge >= 0.3 is 5.97 Å². The minimum Gasteiger partial charge on any atom is -0.467 e. The van der Waals surface area contributed by atoms with Crippen LogP contribution >= 0.6 is 0 Å². The molecule has 1 heterocycles. The average molecular weight is 314 g/mol. The molecular weight excluding hydrogens is 296 g/mol. The molecule has 2 N–H and O–H groups in total. The van der Waals surface area contributed by atoms with Gasteiger partial charge in [0, 0.05) is 12.0 Å². The predicted octanol–water partition coefficient (Wildman–Crippen LogP) is 2.16. The molecule has 0 spiro atoms. The highest BCUT2D eigenvalue weighted by Crippen LogP contribution is 2.27. The van der Waals surface area contributed by atoms with Gasteiger partial charge in [0.2, 0.25) is 0 Å². The zero-order chi connectivity index (χ0) is 16.7. The molecule has 0 aliphatic carbocycles. The van der Waals surface area contributed by atoms with E-state index in [2.05, 4.69) is 17.4 Å². The zero-order valence-corrected chi connectivity index (χ0v) is 12.7. The van der Waals surface area contributed by atoms with Crippen molar-refractivity contribution in [1.82, 2.24) is 10.9 Å². The maximum Gasteiger partial charge on any atom is 0.336 e. The van der Waals surface area contributed by atoms with E-state index in [0.29, 0.717) is 11.3 Å². The fourth-order valence-electron chi connectivity index (χ4n) is 2.19. The lowest BCUT2D eigenvalue weighted by Crippen LogP contribution is -2.56. The van der Waals surface area contributed by atoms with E-state index in [1.54, 1.807) is 42.5 Å². The molecule has 2 rings (SSSR count). The number of hydrogen-bond donors (Lipinski definition) is 2. The SMILES string of the molecule is C=CC[C@](NNC(=O)c1ccccc1)(C(=O)OC)c1ccco1. The van der Waals surface area contributed by atoms with Crippen molar-refractivity contribution in [1.29, 1.82) is 0 Å². The van der Waals surface area contributed by atoms with Crippen LogP contribution in [0.4, 0.5) is 0 Å². The molecule has 0 aliphatic heterocycles. The highest BCUT2D eigenvalue weighted by atomic mass is 16.5. The average Bonchev–Trinajstić information content (AvgIpc) is 3.13. The zero-order valence-electron chi connectivity index (χ0n) is 12.7. The smallest absolute Gasteiger partial charge is 0.336 e. The molecule has 120 valence electrons. The van der Waals surface area contributed by atoms with Gasteiger partial charge in [-0.15, -0.1) is 6.58 Å². The van der Waals surface area contributed by atoms with Crippen molar-refractivity contribution >= 4 is 11.9 Å². The van der Waals surface area contributed by atoms with Gasteiger partial charge in [-0.05, 0) is 24.3 Å². The monoisotopic (exact) mass is 314 g/mol. The Labute approximate surface area is 134 Å². The Bertz CT molecular complexity index is 667. The van der Waals surface area contributed by atoms with Gasteiger partial charge in [-0.2, -0.15) is 0 Å². The first-order valence-corrected chi connectivity index (χ1v) is 7.00. The van der Waals surface area contributed by atoms with Crippen LogP contribution in [-0.2, 0) is 15.1 Å². The fraction of sp³-hybridized carbons (Fsp3) is 0.176. The molecule has 2 aromatic rings. The fourth-order valence-corrected chi connectivity index (χ4v) is 2.19. The van der Waals surface area contributed by atoms with Crippen LogP contribution < -0.4 is 10.9 Å². The van der Waals surface area contributed by atoms with Crippen molar-refractivity contribution < 1.29 is 18.7 Å². The summed E-state index contributed by atoms with van der Waals surface area (Å²) in [5, 5.41) is 0. The molecule has 1 amide bonds. The van der Waals surface area contributed by atoms with Gasteiger partial charge in [-0.3, -0.25) is 10.2 Å². The van der Waals surface area contributed by atoms with Crippen LogP contribution in [0.5, 0.6) is 0 Å². The van der Waals surface area contributed by atoms with E-state index in [9.17, 15) is 9.59 Å². The van der Waals surface area contributed by atoms with Crippen molar-refractivity contribution in [3.05, 3.63) is 72.7 Å². The van der Waals surface area contributed by atoms with Gasteiger partial charge in [-0.1, -0.05) is 24.3 Å². The predicted molar refractivity (Wildman–Crippen MR) is 84.3 cm³/mol. The summed E-state index contributed by atoms with van der Waals surface area (Å²) in [6.07, 6.45) is 3.15.